The molecule has 0 aliphatic heterocycles. The van der Waals surface area contributed by atoms with Crippen molar-refractivity contribution in [2.45, 2.75) is 13.3 Å². The normalized spacial score (nSPS) is 22.9. The molecule has 1 saturated carbocycles. The molecule has 0 aromatic carbocycles. The molecule has 4 heteroatoms. The van der Waals surface area contributed by atoms with Gasteiger partial charge in [0.2, 0.25) is 0 Å². The van der Waals surface area contributed by atoms with Crippen LogP contribution in [-0.2, 0) is 0 Å². The van der Waals surface area contributed by atoms with Crippen molar-refractivity contribution in [3.63, 3.8) is 0 Å². The molecule has 16 heavy (non-hydrogen) atoms. The van der Waals surface area contributed by atoms with E-state index in [1.165, 1.54) is 18.7 Å². The quantitative estimate of drug-likeness (QED) is 0.840. The number of aromatic hydroxyl groups is 1. The number of nitrogens with zero attached hydrogens (tertiary/aromatic N) is 2. The van der Waals surface area contributed by atoms with Gasteiger partial charge in [-0.3, -0.25) is 4.79 Å². The van der Waals surface area contributed by atoms with Gasteiger partial charge in [0.25, 0.3) is 5.91 Å². The van der Waals surface area contributed by atoms with E-state index in [2.05, 4.69) is 11.9 Å². The third-order valence-electron chi connectivity index (χ3n) is 3.12. The van der Waals surface area contributed by atoms with Crippen molar-refractivity contribution in [2.24, 2.45) is 11.8 Å². The number of pyridine rings is 1. The van der Waals surface area contributed by atoms with Gasteiger partial charge in [0.1, 0.15) is 5.75 Å². The molecule has 0 radical (unpaired) electrons. The maximum Gasteiger partial charge on any atom is 0.276 e. The van der Waals surface area contributed by atoms with Crippen molar-refractivity contribution < 1.29 is 9.90 Å². The van der Waals surface area contributed by atoms with Crippen LogP contribution < -0.4 is 0 Å². The standard InChI is InChI=1S/C12H16N2O2/c1-8-6-9(8)7-14(2)12(16)11-10(15)4-3-5-13-11/h3-5,8-9,15H,6-7H2,1-2H3. The number of amides is 1. The summed E-state index contributed by atoms with van der Waals surface area (Å²) >= 11 is 0. The van der Waals surface area contributed by atoms with Crippen molar-refractivity contribution in [2.75, 3.05) is 13.6 Å². The molecule has 1 fully saturated rings. The lowest BCUT2D eigenvalue weighted by molar-refractivity contribution is 0.0778. The van der Waals surface area contributed by atoms with Gasteiger partial charge in [-0.05, 0) is 30.4 Å². The summed E-state index contributed by atoms with van der Waals surface area (Å²) in [5.41, 5.74) is 0.137. The number of carbonyl (C=O) groups is 1. The molecular formula is C12H16N2O2. The van der Waals surface area contributed by atoms with E-state index < -0.39 is 0 Å². The van der Waals surface area contributed by atoms with E-state index in [1.54, 1.807) is 18.0 Å². The summed E-state index contributed by atoms with van der Waals surface area (Å²) in [5.74, 6) is 1.06. The molecule has 1 N–H and O–H groups in total. The first-order valence-corrected chi connectivity index (χ1v) is 5.49. The molecule has 86 valence electrons. The average Bonchev–Trinajstić information content (AvgIpc) is 2.94. The summed E-state index contributed by atoms with van der Waals surface area (Å²) in [6.45, 7) is 2.93. The second-order valence-electron chi connectivity index (χ2n) is 4.53. The number of rotatable bonds is 3. The van der Waals surface area contributed by atoms with Gasteiger partial charge in [0, 0.05) is 19.8 Å². The minimum atomic E-state index is -0.211. The highest BCUT2D eigenvalue weighted by molar-refractivity contribution is 5.94. The van der Waals surface area contributed by atoms with Crippen LogP contribution in [0.25, 0.3) is 0 Å². The largest absolute Gasteiger partial charge is 0.505 e. The molecule has 1 aliphatic carbocycles. The summed E-state index contributed by atoms with van der Waals surface area (Å²) in [7, 11) is 1.75. The van der Waals surface area contributed by atoms with Gasteiger partial charge < -0.3 is 10.0 Å². The lowest BCUT2D eigenvalue weighted by Crippen LogP contribution is -2.29. The Hall–Kier alpha value is -1.58. The molecule has 1 aromatic heterocycles. The lowest BCUT2D eigenvalue weighted by Gasteiger charge is -2.16. The van der Waals surface area contributed by atoms with Gasteiger partial charge in [-0.2, -0.15) is 0 Å². The van der Waals surface area contributed by atoms with Gasteiger partial charge in [0.05, 0.1) is 0 Å². The molecule has 1 aromatic rings. The molecule has 2 rings (SSSR count). The Balaban J connectivity index is 2.04. The summed E-state index contributed by atoms with van der Waals surface area (Å²) < 4.78 is 0. The van der Waals surface area contributed by atoms with E-state index in [-0.39, 0.29) is 17.4 Å². The minimum absolute atomic E-state index is 0.0526. The molecule has 1 aliphatic rings. The smallest absolute Gasteiger partial charge is 0.276 e. The first kappa shape index (κ1) is 10.9. The molecule has 4 nitrogen and oxygen atoms in total. The second kappa shape index (κ2) is 4.12. The second-order valence-corrected chi connectivity index (χ2v) is 4.53. The third kappa shape index (κ3) is 2.15. The van der Waals surface area contributed by atoms with Gasteiger partial charge in [-0.1, -0.05) is 6.92 Å². The zero-order valence-electron chi connectivity index (χ0n) is 9.55. The van der Waals surface area contributed by atoms with Crippen molar-refractivity contribution in [1.29, 1.82) is 0 Å². The number of hydrogen-bond acceptors (Lipinski definition) is 3. The van der Waals surface area contributed by atoms with E-state index in [0.717, 1.165) is 6.54 Å². The SMILES string of the molecule is CC1CC1CN(C)C(=O)c1ncccc1O. The first-order valence-electron chi connectivity index (χ1n) is 5.49. The predicted molar refractivity (Wildman–Crippen MR) is 60.1 cm³/mol. The van der Waals surface area contributed by atoms with Gasteiger partial charge >= 0.3 is 0 Å². The van der Waals surface area contributed by atoms with Crippen LogP contribution in [0, 0.1) is 11.8 Å². The van der Waals surface area contributed by atoms with E-state index in [0.29, 0.717) is 11.8 Å². The zero-order valence-corrected chi connectivity index (χ0v) is 9.55. The van der Waals surface area contributed by atoms with Crippen LogP contribution in [0.2, 0.25) is 0 Å². The van der Waals surface area contributed by atoms with Gasteiger partial charge in [-0.15, -0.1) is 0 Å². The molecule has 0 saturated heterocycles. The van der Waals surface area contributed by atoms with Crippen LogP contribution in [0.15, 0.2) is 18.3 Å². The van der Waals surface area contributed by atoms with Crippen molar-refractivity contribution in [1.82, 2.24) is 9.88 Å². The number of carbonyl (C=O) groups excluding carboxylic acids is 1. The van der Waals surface area contributed by atoms with Crippen molar-refractivity contribution in [3.05, 3.63) is 24.0 Å². The lowest BCUT2D eigenvalue weighted by atomic mass is 10.2. The Labute approximate surface area is 94.9 Å². The Morgan fingerprint density at radius 2 is 2.38 bits per heavy atom. The molecular weight excluding hydrogens is 204 g/mol. The highest BCUT2D eigenvalue weighted by atomic mass is 16.3. The van der Waals surface area contributed by atoms with Crippen LogP contribution in [0.3, 0.4) is 0 Å². The maximum absolute atomic E-state index is 11.9. The average molecular weight is 220 g/mol. The van der Waals surface area contributed by atoms with Crippen LogP contribution >= 0.6 is 0 Å². The summed E-state index contributed by atoms with van der Waals surface area (Å²) in [4.78, 5) is 17.5. The summed E-state index contributed by atoms with van der Waals surface area (Å²) in [6.07, 6.45) is 2.70. The number of aromatic nitrogens is 1. The summed E-state index contributed by atoms with van der Waals surface area (Å²) in [6, 6.07) is 3.09. The molecule has 0 bridgehead atoms. The van der Waals surface area contributed by atoms with E-state index in [4.69, 9.17) is 0 Å². The van der Waals surface area contributed by atoms with Crippen LogP contribution in [0.1, 0.15) is 23.8 Å². The summed E-state index contributed by atoms with van der Waals surface area (Å²) in [5, 5.41) is 9.52. The molecule has 1 heterocycles. The highest BCUT2D eigenvalue weighted by Crippen LogP contribution is 2.38. The minimum Gasteiger partial charge on any atom is -0.505 e. The Morgan fingerprint density at radius 1 is 1.69 bits per heavy atom. The van der Waals surface area contributed by atoms with E-state index in [9.17, 15) is 9.90 Å². The molecule has 1 amide bonds. The van der Waals surface area contributed by atoms with Gasteiger partial charge in [-0.25, -0.2) is 4.98 Å². The molecule has 2 atom stereocenters. The first-order chi connectivity index (χ1) is 7.59. The molecule has 0 spiro atoms. The monoisotopic (exact) mass is 220 g/mol. The predicted octanol–water partition coefficient (Wildman–Crippen LogP) is 1.52. The van der Waals surface area contributed by atoms with Crippen LogP contribution in [0.4, 0.5) is 0 Å². The molecule has 2 unspecified atom stereocenters. The van der Waals surface area contributed by atoms with E-state index >= 15 is 0 Å². The fourth-order valence-electron chi connectivity index (χ4n) is 1.83. The zero-order chi connectivity index (χ0) is 11.7. The van der Waals surface area contributed by atoms with Crippen molar-refractivity contribution >= 4 is 5.91 Å². The maximum atomic E-state index is 11.9. The fourth-order valence-corrected chi connectivity index (χ4v) is 1.83. The Kier molecular flexibility index (Phi) is 2.81. The topological polar surface area (TPSA) is 53.4 Å². The number of hydrogen-bond donors (Lipinski definition) is 1. The van der Waals surface area contributed by atoms with Crippen LogP contribution in [0.5, 0.6) is 5.75 Å². The highest BCUT2D eigenvalue weighted by Gasteiger charge is 2.34. The third-order valence-corrected chi connectivity index (χ3v) is 3.12. The van der Waals surface area contributed by atoms with E-state index in [1.807, 2.05) is 0 Å². The van der Waals surface area contributed by atoms with Crippen molar-refractivity contribution in [3.8, 4) is 5.75 Å². The Bertz CT molecular complexity index is 406. The Morgan fingerprint density at radius 3 is 2.94 bits per heavy atom. The van der Waals surface area contributed by atoms with Gasteiger partial charge in [0.15, 0.2) is 5.69 Å². The van der Waals surface area contributed by atoms with Crippen LogP contribution in [-0.4, -0.2) is 34.5 Å². The fraction of sp³-hybridized carbons (Fsp3) is 0.500.